The second kappa shape index (κ2) is 9.30. The highest BCUT2D eigenvalue weighted by molar-refractivity contribution is 8.00. The fraction of sp³-hybridized carbons (Fsp3) is 0.824. The van der Waals surface area contributed by atoms with Gasteiger partial charge in [0.2, 0.25) is 5.89 Å². The average molecular weight is 354 g/mol. The smallest absolute Gasteiger partial charge is 0.228 e. The second-order valence-electron chi connectivity index (χ2n) is 6.79. The van der Waals surface area contributed by atoms with E-state index in [0.717, 1.165) is 37.2 Å². The summed E-state index contributed by atoms with van der Waals surface area (Å²) in [7, 11) is 0. The van der Waals surface area contributed by atoms with Gasteiger partial charge in [-0.2, -0.15) is 16.7 Å². The van der Waals surface area contributed by atoms with E-state index in [1.807, 2.05) is 0 Å². The number of nitrogens with zero attached hydrogens (tertiary/aromatic N) is 4. The van der Waals surface area contributed by atoms with Gasteiger partial charge >= 0.3 is 0 Å². The van der Waals surface area contributed by atoms with Gasteiger partial charge in [-0.25, -0.2) is 0 Å². The van der Waals surface area contributed by atoms with Crippen LogP contribution in [0, 0.1) is 5.92 Å². The van der Waals surface area contributed by atoms with Crippen LogP contribution in [0.25, 0.3) is 0 Å². The first-order valence-corrected chi connectivity index (χ1v) is 10.0. The lowest BCUT2D eigenvalue weighted by atomic mass is 10.1. The van der Waals surface area contributed by atoms with E-state index in [-0.39, 0.29) is 0 Å². The van der Waals surface area contributed by atoms with Gasteiger partial charge in [0.1, 0.15) is 0 Å². The van der Waals surface area contributed by atoms with E-state index in [1.54, 1.807) is 0 Å². The lowest BCUT2D eigenvalue weighted by Crippen LogP contribution is -2.49. The summed E-state index contributed by atoms with van der Waals surface area (Å²) in [5.41, 5.74) is 0. The van der Waals surface area contributed by atoms with Gasteiger partial charge in [-0.1, -0.05) is 32.9 Å². The molecule has 0 bridgehead atoms. The Kier molecular flexibility index (Phi) is 7.40. The summed E-state index contributed by atoms with van der Waals surface area (Å²) >= 11 is 2.08. The second-order valence-corrected chi connectivity index (χ2v) is 8.13. The van der Waals surface area contributed by atoms with Crippen LogP contribution < -0.4 is 5.32 Å². The average Bonchev–Trinajstić information content (AvgIpc) is 3.03. The molecule has 1 aliphatic heterocycles. The SMILES string of the molecule is CCNC(=NCCc1nc(C(C)C)no1)N1CCSC(C(C)C)C1. The standard InChI is InChI=1S/C17H31N5OS/c1-6-18-17(22-9-10-24-14(11-22)12(2)3)19-8-7-15-20-16(13(4)5)21-23-15/h12-14H,6-11H2,1-5H3,(H,18,19). The van der Waals surface area contributed by atoms with Crippen LogP contribution in [-0.4, -0.2) is 58.2 Å². The minimum atomic E-state index is 0.294. The summed E-state index contributed by atoms with van der Waals surface area (Å²) in [6.07, 6.45) is 0.685. The van der Waals surface area contributed by atoms with Crippen molar-refractivity contribution in [1.82, 2.24) is 20.4 Å². The lowest BCUT2D eigenvalue weighted by Gasteiger charge is -2.36. The number of aliphatic imine (C=N–C) groups is 1. The Morgan fingerprint density at radius 2 is 2.21 bits per heavy atom. The van der Waals surface area contributed by atoms with E-state index in [2.05, 4.69) is 66.7 Å². The molecule has 0 spiro atoms. The molecule has 24 heavy (non-hydrogen) atoms. The number of aromatic nitrogens is 2. The molecule has 1 aliphatic rings. The topological polar surface area (TPSA) is 66.5 Å². The summed E-state index contributed by atoms with van der Waals surface area (Å²) in [5.74, 6) is 4.60. The molecule has 1 unspecified atom stereocenters. The molecule has 136 valence electrons. The third-order valence-electron chi connectivity index (χ3n) is 4.06. The fourth-order valence-electron chi connectivity index (χ4n) is 2.56. The maximum absolute atomic E-state index is 5.29. The zero-order valence-corrected chi connectivity index (χ0v) is 16.4. The van der Waals surface area contributed by atoms with Crippen LogP contribution in [0.1, 0.15) is 52.3 Å². The van der Waals surface area contributed by atoms with E-state index in [0.29, 0.717) is 35.9 Å². The van der Waals surface area contributed by atoms with Gasteiger partial charge in [0.15, 0.2) is 11.8 Å². The number of thioether (sulfide) groups is 1. The monoisotopic (exact) mass is 353 g/mol. The molecular weight excluding hydrogens is 322 g/mol. The highest BCUT2D eigenvalue weighted by Gasteiger charge is 2.24. The number of hydrogen-bond acceptors (Lipinski definition) is 5. The first-order valence-electron chi connectivity index (χ1n) is 8.98. The molecule has 0 aliphatic carbocycles. The molecule has 1 aromatic rings. The van der Waals surface area contributed by atoms with Crippen LogP contribution in [0.15, 0.2) is 9.52 Å². The van der Waals surface area contributed by atoms with Gasteiger partial charge < -0.3 is 14.7 Å². The van der Waals surface area contributed by atoms with Crippen molar-refractivity contribution in [3.8, 4) is 0 Å². The molecule has 0 aromatic carbocycles. The summed E-state index contributed by atoms with van der Waals surface area (Å²) in [6.45, 7) is 14.5. The minimum Gasteiger partial charge on any atom is -0.357 e. The van der Waals surface area contributed by atoms with Crippen LogP contribution in [0.3, 0.4) is 0 Å². The van der Waals surface area contributed by atoms with Crippen LogP contribution in [0.4, 0.5) is 0 Å². The molecule has 1 aromatic heterocycles. The summed E-state index contributed by atoms with van der Waals surface area (Å²) in [6, 6.07) is 0. The van der Waals surface area contributed by atoms with Gasteiger partial charge in [-0.05, 0) is 12.8 Å². The van der Waals surface area contributed by atoms with Crippen molar-refractivity contribution in [2.24, 2.45) is 10.9 Å². The van der Waals surface area contributed by atoms with Gasteiger partial charge in [0.25, 0.3) is 0 Å². The molecule has 1 N–H and O–H groups in total. The number of guanidine groups is 1. The first kappa shape index (κ1) is 19.1. The van der Waals surface area contributed by atoms with Crippen molar-refractivity contribution in [2.75, 3.05) is 31.9 Å². The molecule has 6 nitrogen and oxygen atoms in total. The highest BCUT2D eigenvalue weighted by Crippen LogP contribution is 2.24. The molecule has 1 fully saturated rings. The van der Waals surface area contributed by atoms with Gasteiger partial charge in [-0.15, -0.1) is 0 Å². The van der Waals surface area contributed by atoms with Crippen molar-refractivity contribution >= 4 is 17.7 Å². The molecule has 2 heterocycles. The normalized spacial score (nSPS) is 19.4. The molecule has 0 amide bonds. The Hall–Kier alpha value is -1.24. The van der Waals surface area contributed by atoms with Gasteiger partial charge in [0.05, 0.1) is 6.54 Å². The maximum atomic E-state index is 5.29. The number of hydrogen-bond donors (Lipinski definition) is 1. The molecular formula is C17H31N5OS. The molecule has 7 heteroatoms. The molecule has 0 radical (unpaired) electrons. The van der Waals surface area contributed by atoms with Crippen molar-refractivity contribution in [1.29, 1.82) is 0 Å². The first-order chi connectivity index (χ1) is 11.5. The van der Waals surface area contributed by atoms with E-state index < -0.39 is 0 Å². The van der Waals surface area contributed by atoms with Crippen LogP contribution in [-0.2, 0) is 6.42 Å². The van der Waals surface area contributed by atoms with E-state index in [1.165, 1.54) is 0 Å². The quantitative estimate of drug-likeness (QED) is 0.626. The summed E-state index contributed by atoms with van der Waals surface area (Å²) in [5, 5.41) is 8.10. The van der Waals surface area contributed by atoms with Crippen molar-refractivity contribution in [2.45, 2.75) is 52.2 Å². The lowest BCUT2D eigenvalue weighted by molar-refractivity contribution is 0.369. The Bertz CT molecular complexity index is 529. The van der Waals surface area contributed by atoms with Crippen molar-refractivity contribution in [3.63, 3.8) is 0 Å². The van der Waals surface area contributed by atoms with Crippen LogP contribution in [0.2, 0.25) is 0 Å². The van der Waals surface area contributed by atoms with Crippen LogP contribution in [0.5, 0.6) is 0 Å². The molecule has 1 atom stereocenters. The van der Waals surface area contributed by atoms with Gasteiger partial charge in [-0.3, -0.25) is 4.99 Å². The summed E-state index contributed by atoms with van der Waals surface area (Å²) in [4.78, 5) is 11.6. The minimum absolute atomic E-state index is 0.294. The van der Waals surface area contributed by atoms with E-state index in [9.17, 15) is 0 Å². The third kappa shape index (κ3) is 5.40. The Balaban J connectivity index is 1.94. The summed E-state index contributed by atoms with van der Waals surface area (Å²) < 4.78 is 5.29. The third-order valence-corrected chi connectivity index (χ3v) is 5.60. The largest absolute Gasteiger partial charge is 0.357 e. The predicted octanol–water partition coefficient (Wildman–Crippen LogP) is 2.77. The van der Waals surface area contributed by atoms with E-state index >= 15 is 0 Å². The molecule has 1 saturated heterocycles. The molecule has 2 rings (SSSR count). The fourth-order valence-corrected chi connectivity index (χ4v) is 3.86. The van der Waals surface area contributed by atoms with Crippen LogP contribution >= 0.6 is 11.8 Å². The van der Waals surface area contributed by atoms with Crippen molar-refractivity contribution < 1.29 is 4.52 Å². The molecule has 0 saturated carbocycles. The Morgan fingerprint density at radius 1 is 1.42 bits per heavy atom. The predicted molar refractivity (Wildman–Crippen MR) is 101 cm³/mol. The Labute approximate surface area is 149 Å². The number of nitrogens with one attached hydrogen (secondary N) is 1. The zero-order chi connectivity index (χ0) is 17.5. The maximum Gasteiger partial charge on any atom is 0.228 e. The van der Waals surface area contributed by atoms with Gasteiger partial charge in [0, 0.05) is 43.0 Å². The van der Waals surface area contributed by atoms with Crippen molar-refractivity contribution in [3.05, 3.63) is 11.7 Å². The zero-order valence-electron chi connectivity index (χ0n) is 15.6. The van der Waals surface area contributed by atoms with E-state index in [4.69, 9.17) is 9.52 Å². The Morgan fingerprint density at radius 3 is 2.83 bits per heavy atom. The highest BCUT2D eigenvalue weighted by atomic mass is 32.2. The number of rotatable bonds is 6.